The van der Waals surface area contributed by atoms with E-state index in [1.165, 1.54) is 11.6 Å². The summed E-state index contributed by atoms with van der Waals surface area (Å²) in [6.45, 7) is 4.09. The van der Waals surface area contributed by atoms with Gasteiger partial charge in [0.05, 0.1) is 0 Å². The zero-order valence-corrected chi connectivity index (χ0v) is 13.8. The third-order valence-corrected chi connectivity index (χ3v) is 3.93. The quantitative estimate of drug-likeness (QED) is 0.825. The van der Waals surface area contributed by atoms with E-state index in [9.17, 15) is 4.39 Å². The molecule has 0 radical (unpaired) electrons. The summed E-state index contributed by atoms with van der Waals surface area (Å²) in [5.74, 6) is 0.452. The maximum Gasteiger partial charge on any atom is 0.165 e. The van der Waals surface area contributed by atoms with Crippen LogP contribution in [-0.2, 0) is 6.42 Å². The number of benzene rings is 2. The van der Waals surface area contributed by atoms with Crippen LogP contribution in [0.5, 0.6) is 11.5 Å². The van der Waals surface area contributed by atoms with Crippen LogP contribution in [0.2, 0.25) is 0 Å². The highest BCUT2D eigenvalue weighted by Crippen LogP contribution is 2.29. The fraction of sp³-hybridized carbons (Fsp3) is 0.294. The van der Waals surface area contributed by atoms with E-state index in [4.69, 9.17) is 10.5 Å². The van der Waals surface area contributed by atoms with Crippen molar-refractivity contribution in [2.24, 2.45) is 5.73 Å². The highest BCUT2D eigenvalue weighted by molar-refractivity contribution is 9.10. The lowest BCUT2D eigenvalue weighted by atomic mass is 10.00. The molecule has 2 N–H and O–H groups in total. The first-order valence-corrected chi connectivity index (χ1v) is 7.77. The average Bonchev–Trinajstić information content (AvgIpc) is 2.45. The second-order valence-corrected chi connectivity index (χ2v) is 6.05. The van der Waals surface area contributed by atoms with Crippen LogP contribution in [0.25, 0.3) is 0 Å². The molecule has 2 rings (SSSR count). The van der Waals surface area contributed by atoms with E-state index >= 15 is 0 Å². The molecule has 0 aliphatic rings. The molecule has 0 aliphatic carbocycles. The minimum atomic E-state index is -0.382. The van der Waals surface area contributed by atoms with Gasteiger partial charge in [-0.05, 0) is 61.2 Å². The van der Waals surface area contributed by atoms with Crippen molar-refractivity contribution < 1.29 is 9.13 Å². The van der Waals surface area contributed by atoms with Gasteiger partial charge in [0.25, 0.3) is 0 Å². The van der Waals surface area contributed by atoms with Gasteiger partial charge in [0.15, 0.2) is 11.6 Å². The van der Waals surface area contributed by atoms with Crippen molar-refractivity contribution in [1.82, 2.24) is 0 Å². The first-order chi connectivity index (χ1) is 9.99. The molecule has 0 amide bonds. The first-order valence-electron chi connectivity index (χ1n) is 6.97. The van der Waals surface area contributed by atoms with Gasteiger partial charge >= 0.3 is 0 Å². The number of hydrogen-bond donors (Lipinski definition) is 1. The molecule has 0 fully saturated rings. The number of nitrogens with two attached hydrogens (primary N) is 1. The maximum atomic E-state index is 13.7. The Kier molecular flexibility index (Phi) is 5.37. The summed E-state index contributed by atoms with van der Waals surface area (Å²) in [5, 5.41) is 0. The van der Waals surface area contributed by atoms with Crippen molar-refractivity contribution in [2.75, 3.05) is 0 Å². The van der Waals surface area contributed by atoms with E-state index in [1.54, 1.807) is 12.1 Å². The number of aryl methyl sites for hydroxylation is 1. The minimum absolute atomic E-state index is 0.165. The third kappa shape index (κ3) is 4.29. The third-order valence-electron chi connectivity index (χ3n) is 3.44. The molecule has 2 aromatic rings. The van der Waals surface area contributed by atoms with Crippen molar-refractivity contribution in [2.45, 2.75) is 32.7 Å². The molecule has 2 aromatic carbocycles. The van der Waals surface area contributed by atoms with E-state index in [0.717, 1.165) is 22.9 Å². The summed E-state index contributed by atoms with van der Waals surface area (Å²) in [5.41, 5.74) is 8.29. The van der Waals surface area contributed by atoms with Gasteiger partial charge in [0.1, 0.15) is 5.75 Å². The minimum Gasteiger partial charge on any atom is -0.454 e. The SMILES string of the molecule is CCC(N)Cc1ccc(Oc2cc(Br)ccc2F)cc1C. The van der Waals surface area contributed by atoms with Crippen LogP contribution < -0.4 is 10.5 Å². The molecule has 1 unspecified atom stereocenters. The highest BCUT2D eigenvalue weighted by atomic mass is 79.9. The molecule has 2 nitrogen and oxygen atoms in total. The van der Waals surface area contributed by atoms with Gasteiger partial charge in [-0.2, -0.15) is 0 Å². The predicted molar refractivity (Wildman–Crippen MR) is 87.3 cm³/mol. The number of rotatable bonds is 5. The topological polar surface area (TPSA) is 35.2 Å². The lowest BCUT2D eigenvalue weighted by molar-refractivity contribution is 0.441. The number of ether oxygens (including phenoxy) is 1. The van der Waals surface area contributed by atoms with Crippen molar-refractivity contribution >= 4 is 15.9 Å². The lowest BCUT2D eigenvalue weighted by Crippen LogP contribution is -2.21. The summed E-state index contributed by atoms with van der Waals surface area (Å²) in [7, 11) is 0. The van der Waals surface area contributed by atoms with Crippen LogP contribution in [0.1, 0.15) is 24.5 Å². The van der Waals surface area contributed by atoms with Crippen LogP contribution in [0.4, 0.5) is 4.39 Å². The number of halogens is 2. The highest BCUT2D eigenvalue weighted by Gasteiger charge is 2.08. The van der Waals surface area contributed by atoms with Crippen molar-refractivity contribution in [3.8, 4) is 11.5 Å². The molecule has 0 saturated heterocycles. The Morgan fingerprint density at radius 3 is 2.67 bits per heavy atom. The largest absolute Gasteiger partial charge is 0.454 e. The summed E-state index contributed by atoms with van der Waals surface area (Å²) < 4.78 is 20.1. The molecule has 0 saturated carbocycles. The normalized spacial score (nSPS) is 12.2. The van der Waals surface area contributed by atoms with Crippen molar-refractivity contribution in [1.29, 1.82) is 0 Å². The van der Waals surface area contributed by atoms with Gasteiger partial charge in [-0.3, -0.25) is 0 Å². The van der Waals surface area contributed by atoms with Gasteiger partial charge < -0.3 is 10.5 Å². The fourth-order valence-electron chi connectivity index (χ4n) is 2.07. The molecule has 0 aliphatic heterocycles. The summed E-state index contributed by atoms with van der Waals surface area (Å²) in [6, 6.07) is 10.6. The Morgan fingerprint density at radius 1 is 1.24 bits per heavy atom. The van der Waals surface area contributed by atoms with Gasteiger partial charge in [0.2, 0.25) is 0 Å². The molecular formula is C17H19BrFNO. The Bertz CT molecular complexity index is 630. The monoisotopic (exact) mass is 351 g/mol. The zero-order valence-electron chi connectivity index (χ0n) is 12.2. The summed E-state index contributed by atoms with van der Waals surface area (Å²) >= 11 is 3.31. The van der Waals surface area contributed by atoms with E-state index in [2.05, 4.69) is 22.9 Å². The first kappa shape index (κ1) is 16.0. The molecular weight excluding hydrogens is 333 g/mol. The molecule has 0 spiro atoms. The van der Waals surface area contributed by atoms with Crippen molar-refractivity contribution in [3.63, 3.8) is 0 Å². The Hall–Kier alpha value is -1.39. The van der Waals surface area contributed by atoms with Crippen LogP contribution in [0.15, 0.2) is 40.9 Å². The van der Waals surface area contributed by atoms with E-state index in [-0.39, 0.29) is 17.6 Å². The summed E-state index contributed by atoms with van der Waals surface area (Å²) in [4.78, 5) is 0. The van der Waals surface area contributed by atoms with Crippen molar-refractivity contribution in [3.05, 3.63) is 57.8 Å². The van der Waals surface area contributed by atoms with Gasteiger partial charge in [-0.1, -0.05) is 28.9 Å². The molecule has 1 atom stereocenters. The van der Waals surface area contributed by atoms with E-state index in [0.29, 0.717) is 5.75 Å². The predicted octanol–water partition coefficient (Wildman–Crippen LogP) is 4.97. The van der Waals surface area contributed by atoms with Crippen LogP contribution in [0.3, 0.4) is 0 Å². The molecule has 21 heavy (non-hydrogen) atoms. The smallest absolute Gasteiger partial charge is 0.165 e. The molecule has 0 aromatic heterocycles. The maximum absolute atomic E-state index is 13.7. The zero-order chi connectivity index (χ0) is 15.4. The molecule has 0 heterocycles. The fourth-order valence-corrected chi connectivity index (χ4v) is 2.41. The van der Waals surface area contributed by atoms with Gasteiger partial charge in [0, 0.05) is 10.5 Å². The van der Waals surface area contributed by atoms with E-state index in [1.807, 2.05) is 25.1 Å². The Labute approximate surface area is 133 Å². The summed E-state index contributed by atoms with van der Waals surface area (Å²) in [6.07, 6.45) is 1.79. The molecule has 4 heteroatoms. The van der Waals surface area contributed by atoms with Gasteiger partial charge in [-0.25, -0.2) is 4.39 Å². The Balaban J connectivity index is 2.18. The van der Waals surface area contributed by atoms with Gasteiger partial charge in [-0.15, -0.1) is 0 Å². The number of hydrogen-bond acceptors (Lipinski definition) is 2. The van der Waals surface area contributed by atoms with Crippen LogP contribution >= 0.6 is 15.9 Å². The standard InChI is InChI=1S/C17H19BrFNO/c1-3-14(20)9-12-4-6-15(8-11(12)2)21-17-10-13(18)5-7-16(17)19/h4-8,10,14H,3,9,20H2,1-2H3. The molecule has 112 valence electrons. The second-order valence-electron chi connectivity index (χ2n) is 5.14. The molecule has 0 bridgehead atoms. The van der Waals surface area contributed by atoms with Crippen LogP contribution in [-0.4, -0.2) is 6.04 Å². The average molecular weight is 352 g/mol. The van der Waals surface area contributed by atoms with E-state index < -0.39 is 0 Å². The Morgan fingerprint density at radius 2 is 2.00 bits per heavy atom. The lowest BCUT2D eigenvalue weighted by Gasteiger charge is -2.13. The second kappa shape index (κ2) is 7.05. The van der Waals surface area contributed by atoms with Crippen LogP contribution in [0, 0.1) is 12.7 Å².